The molecule has 0 spiro atoms. The zero-order valence-electron chi connectivity index (χ0n) is 15.3. The van der Waals surface area contributed by atoms with Crippen LogP contribution in [0.4, 0.5) is 5.69 Å². The number of aromatic amines is 1. The summed E-state index contributed by atoms with van der Waals surface area (Å²) < 4.78 is 0. The van der Waals surface area contributed by atoms with E-state index in [1.807, 2.05) is 54.6 Å². The zero-order valence-corrected chi connectivity index (χ0v) is 15.3. The van der Waals surface area contributed by atoms with Crippen molar-refractivity contribution in [2.45, 2.75) is 25.8 Å². The number of benzene rings is 2. The van der Waals surface area contributed by atoms with Gasteiger partial charge in [-0.3, -0.25) is 9.89 Å². The van der Waals surface area contributed by atoms with Crippen molar-refractivity contribution in [2.24, 2.45) is 5.92 Å². The molecule has 0 radical (unpaired) electrons. The molecule has 27 heavy (non-hydrogen) atoms. The van der Waals surface area contributed by atoms with E-state index in [1.165, 1.54) is 0 Å². The minimum atomic E-state index is 0.0314. The molecule has 4 rings (SSSR count). The van der Waals surface area contributed by atoms with Gasteiger partial charge in [-0.05, 0) is 38.4 Å². The van der Waals surface area contributed by atoms with Gasteiger partial charge in [-0.15, -0.1) is 0 Å². The second kappa shape index (κ2) is 7.72. The van der Waals surface area contributed by atoms with Crippen LogP contribution in [0, 0.1) is 5.92 Å². The minimum Gasteiger partial charge on any atom is -0.325 e. The van der Waals surface area contributed by atoms with Crippen LogP contribution >= 0.6 is 0 Å². The fraction of sp³-hybridized carbons (Fsp3) is 0.286. The van der Waals surface area contributed by atoms with E-state index >= 15 is 0 Å². The number of nitrogens with zero attached hydrogens (tertiary/aromatic N) is 2. The Morgan fingerprint density at radius 2 is 1.89 bits per heavy atom. The third-order valence-electron chi connectivity index (χ3n) is 4.95. The largest absolute Gasteiger partial charge is 0.325 e. The molecular formula is C21H23N5O. The van der Waals surface area contributed by atoms with Crippen LogP contribution in [0.2, 0.25) is 0 Å². The summed E-state index contributed by atoms with van der Waals surface area (Å²) in [7, 11) is 0. The summed E-state index contributed by atoms with van der Waals surface area (Å²) in [6, 6.07) is 17.9. The fourth-order valence-electron chi connectivity index (χ4n) is 3.50. The second-order valence-corrected chi connectivity index (χ2v) is 6.98. The average molecular weight is 361 g/mol. The van der Waals surface area contributed by atoms with Crippen LogP contribution in [-0.2, 0) is 4.79 Å². The molecule has 1 aromatic heterocycles. The molecule has 1 saturated heterocycles. The van der Waals surface area contributed by atoms with Crippen molar-refractivity contribution in [3.63, 3.8) is 0 Å². The lowest BCUT2D eigenvalue weighted by Gasteiger charge is -2.27. The van der Waals surface area contributed by atoms with Gasteiger partial charge in [0, 0.05) is 23.1 Å². The number of piperidine rings is 1. The topological polar surface area (TPSA) is 82.7 Å². The van der Waals surface area contributed by atoms with Gasteiger partial charge in [-0.2, -0.15) is 5.10 Å². The molecule has 138 valence electrons. The highest BCUT2D eigenvalue weighted by Crippen LogP contribution is 2.28. The van der Waals surface area contributed by atoms with E-state index in [1.54, 1.807) is 0 Å². The van der Waals surface area contributed by atoms with E-state index in [-0.39, 0.29) is 11.8 Å². The van der Waals surface area contributed by atoms with Gasteiger partial charge in [0.25, 0.3) is 0 Å². The number of anilines is 1. The first-order valence-electron chi connectivity index (χ1n) is 9.32. The third-order valence-corrected chi connectivity index (χ3v) is 4.95. The van der Waals surface area contributed by atoms with Gasteiger partial charge in [0.1, 0.15) is 0 Å². The highest BCUT2D eigenvalue weighted by atomic mass is 16.1. The van der Waals surface area contributed by atoms with Crippen molar-refractivity contribution in [3.05, 3.63) is 54.6 Å². The Morgan fingerprint density at radius 1 is 1.11 bits per heavy atom. The first kappa shape index (κ1) is 17.4. The summed E-state index contributed by atoms with van der Waals surface area (Å²) in [5.74, 6) is 1.38. The van der Waals surface area contributed by atoms with Crippen molar-refractivity contribution in [1.82, 2.24) is 20.5 Å². The van der Waals surface area contributed by atoms with E-state index in [9.17, 15) is 4.79 Å². The number of amides is 1. The van der Waals surface area contributed by atoms with E-state index in [4.69, 9.17) is 0 Å². The van der Waals surface area contributed by atoms with E-state index in [2.05, 4.69) is 32.7 Å². The Morgan fingerprint density at radius 3 is 2.70 bits per heavy atom. The van der Waals surface area contributed by atoms with Gasteiger partial charge < -0.3 is 10.6 Å². The first-order valence-corrected chi connectivity index (χ1v) is 9.32. The number of carbonyl (C=O) groups is 1. The smallest absolute Gasteiger partial charge is 0.227 e. The highest BCUT2D eigenvalue weighted by Gasteiger charge is 2.25. The van der Waals surface area contributed by atoms with Crippen LogP contribution in [0.15, 0.2) is 54.6 Å². The normalized spacial score (nSPS) is 19.6. The molecule has 1 aliphatic heterocycles. The number of hydrogen-bond donors (Lipinski definition) is 3. The molecule has 2 aromatic carbocycles. The summed E-state index contributed by atoms with van der Waals surface area (Å²) in [4.78, 5) is 17.4. The zero-order chi connectivity index (χ0) is 18.6. The molecule has 3 aromatic rings. The van der Waals surface area contributed by atoms with Gasteiger partial charge in [-0.1, -0.05) is 42.5 Å². The van der Waals surface area contributed by atoms with Gasteiger partial charge >= 0.3 is 0 Å². The van der Waals surface area contributed by atoms with Gasteiger partial charge in [-0.25, -0.2) is 4.98 Å². The van der Waals surface area contributed by atoms with Crippen LogP contribution in [0.5, 0.6) is 0 Å². The lowest BCUT2D eigenvalue weighted by molar-refractivity contribution is -0.120. The van der Waals surface area contributed by atoms with Crippen LogP contribution < -0.4 is 10.6 Å². The summed E-state index contributed by atoms with van der Waals surface area (Å²) in [5.41, 5.74) is 2.54. The molecule has 1 amide bonds. The summed E-state index contributed by atoms with van der Waals surface area (Å²) in [5, 5.41) is 13.8. The lowest BCUT2D eigenvalue weighted by atomic mass is 9.92. The number of carbonyl (C=O) groups excluding carboxylic acids is 1. The Labute approximate surface area is 158 Å². The second-order valence-electron chi connectivity index (χ2n) is 6.98. The Hall–Kier alpha value is -2.99. The van der Waals surface area contributed by atoms with Crippen LogP contribution in [0.25, 0.3) is 22.8 Å². The third kappa shape index (κ3) is 3.90. The van der Waals surface area contributed by atoms with Gasteiger partial charge in [0.2, 0.25) is 5.91 Å². The van der Waals surface area contributed by atoms with E-state index in [0.717, 1.165) is 36.2 Å². The van der Waals surface area contributed by atoms with Crippen LogP contribution in [-0.4, -0.2) is 33.7 Å². The van der Waals surface area contributed by atoms with Crippen molar-refractivity contribution in [2.75, 3.05) is 11.9 Å². The Bertz CT molecular complexity index is 921. The molecule has 6 nitrogen and oxygen atoms in total. The molecule has 0 bridgehead atoms. The monoisotopic (exact) mass is 361 g/mol. The van der Waals surface area contributed by atoms with Crippen molar-refractivity contribution < 1.29 is 4.79 Å². The maximum Gasteiger partial charge on any atom is 0.227 e. The molecule has 0 saturated carbocycles. The SMILES string of the molecule is C[C@H]1C[C@@H](C(=O)Nc2ccccc2-c2nc(-c3ccccc3)n[nH]2)CCN1. The number of aromatic nitrogens is 3. The molecule has 1 fully saturated rings. The molecule has 6 heteroatoms. The van der Waals surface area contributed by atoms with Crippen molar-refractivity contribution in [1.29, 1.82) is 0 Å². The minimum absolute atomic E-state index is 0.0314. The summed E-state index contributed by atoms with van der Waals surface area (Å²) in [6.45, 7) is 3.00. The van der Waals surface area contributed by atoms with Crippen LogP contribution in [0.1, 0.15) is 19.8 Å². The molecule has 2 atom stereocenters. The van der Waals surface area contributed by atoms with Crippen molar-refractivity contribution >= 4 is 11.6 Å². The number of para-hydroxylation sites is 1. The average Bonchev–Trinajstić information content (AvgIpc) is 3.19. The fourth-order valence-corrected chi connectivity index (χ4v) is 3.50. The predicted molar refractivity (Wildman–Crippen MR) is 106 cm³/mol. The number of H-pyrrole nitrogens is 1. The molecule has 1 aliphatic rings. The quantitative estimate of drug-likeness (QED) is 0.664. The number of hydrogen-bond acceptors (Lipinski definition) is 4. The lowest BCUT2D eigenvalue weighted by Crippen LogP contribution is -2.40. The first-order chi connectivity index (χ1) is 13.2. The van der Waals surface area contributed by atoms with Crippen molar-refractivity contribution in [3.8, 4) is 22.8 Å². The number of nitrogens with one attached hydrogen (secondary N) is 3. The number of rotatable bonds is 4. The van der Waals surface area contributed by atoms with Crippen LogP contribution in [0.3, 0.4) is 0 Å². The molecular weight excluding hydrogens is 338 g/mol. The molecule has 0 unspecified atom stereocenters. The standard InChI is InChI=1S/C21H23N5O/c1-14-13-16(11-12-22-14)21(27)23-18-10-6-5-9-17(18)20-24-19(25-26-20)15-7-3-2-4-8-15/h2-10,14,16,22H,11-13H2,1H3,(H,23,27)(H,24,25,26)/t14-,16-/m0/s1. The Kier molecular flexibility index (Phi) is 4.98. The Balaban J connectivity index is 1.57. The maximum atomic E-state index is 12.7. The summed E-state index contributed by atoms with van der Waals surface area (Å²) in [6.07, 6.45) is 1.72. The predicted octanol–water partition coefficient (Wildman–Crippen LogP) is 3.47. The molecule has 2 heterocycles. The summed E-state index contributed by atoms with van der Waals surface area (Å²) >= 11 is 0. The molecule has 3 N–H and O–H groups in total. The van der Waals surface area contributed by atoms with Gasteiger partial charge in [0.15, 0.2) is 11.6 Å². The van der Waals surface area contributed by atoms with E-state index in [0.29, 0.717) is 17.7 Å². The van der Waals surface area contributed by atoms with E-state index < -0.39 is 0 Å². The van der Waals surface area contributed by atoms with Gasteiger partial charge in [0.05, 0.1) is 5.69 Å². The maximum absolute atomic E-state index is 12.7. The molecule has 0 aliphatic carbocycles. The highest BCUT2D eigenvalue weighted by molar-refractivity contribution is 5.96.